The quantitative estimate of drug-likeness (QED) is 0.0897. The predicted octanol–water partition coefficient (Wildman–Crippen LogP) is 7.29. The third-order valence-electron chi connectivity index (χ3n) is 9.86. The lowest BCUT2D eigenvalue weighted by molar-refractivity contribution is -0.757. The minimum Gasteiger partial charge on any atom is -0.466 e. The number of anilines is 1. The van der Waals surface area contributed by atoms with Gasteiger partial charge in [0.2, 0.25) is 5.91 Å². The number of fused-ring (bicyclic) bond motifs is 1. The molecule has 1 aliphatic carbocycles. The fourth-order valence-electron chi connectivity index (χ4n) is 7.38. The van der Waals surface area contributed by atoms with Crippen LogP contribution in [0.3, 0.4) is 0 Å². The number of carbonyl (C=O) groups excluding carboxylic acids is 3. The Morgan fingerprint density at radius 2 is 1.64 bits per heavy atom. The molecule has 0 unspecified atom stereocenters. The van der Waals surface area contributed by atoms with E-state index < -0.39 is 17.0 Å². The number of likely N-dealkylation sites (tertiary alicyclic amines) is 1. The molecule has 47 heavy (non-hydrogen) atoms. The summed E-state index contributed by atoms with van der Waals surface area (Å²) in [5.41, 5.74) is 4.03. The van der Waals surface area contributed by atoms with E-state index in [0.717, 1.165) is 53.4 Å². The Bertz CT molecular complexity index is 1600. The van der Waals surface area contributed by atoms with Gasteiger partial charge in [-0.2, -0.15) is 0 Å². The van der Waals surface area contributed by atoms with Crippen LogP contribution in [0.5, 0.6) is 0 Å². The molecule has 0 bridgehead atoms. The molecule has 10 nitrogen and oxygen atoms in total. The van der Waals surface area contributed by atoms with Gasteiger partial charge in [0.15, 0.2) is 0 Å². The number of rotatable bonds is 13. The molecule has 2 amide bonds. The van der Waals surface area contributed by atoms with E-state index in [1.165, 1.54) is 25.7 Å². The molecular weight excluding hydrogens is 598 g/mol. The summed E-state index contributed by atoms with van der Waals surface area (Å²) in [6.45, 7) is 5.35. The van der Waals surface area contributed by atoms with Crippen molar-refractivity contribution in [2.45, 2.75) is 84.0 Å². The van der Waals surface area contributed by atoms with Gasteiger partial charge in [0, 0.05) is 25.4 Å². The summed E-state index contributed by atoms with van der Waals surface area (Å²) in [7, 11) is 0. The third-order valence-corrected chi connectivity index (χ3v) is 9.86. The Hall–Kier alpha value is -4.47. The number of esters is 1. The average Bonchev–Trinajstić information content (AvgIpc) is 3.50. The van der Waals surface area contributed by atoms with E-state index in [1.54, 1.807) is 0 Å². The standard InChI is InChI=1S/C37H45N3O7/c1-26-22-27(2)35(32(23-26)36(43)39-18-16-37(17-19-39)14-5-6-15-37)38-33(41)24-29(25-34(42)46-20-7-8-21-47-40(44)45)31-13-9-11-28-10-3-4-12-30(28)31/h3-4,9-13,22-23,29H,5-8,14-21,24-25H2,1-2H3,(H,38,41)/t29-/m0/s1. The number of amides is 2. The van der Waals surface area contributed by atoms with Crippen molar-refractivity contribution in [3.05, 3.63) is 87.0 Å². The van der Waals surface area contributed by atoms with Crippen LogP contribution < -0.4 is 5.32 Å². The maximum Gasteiger partial charge on any atom is 0.306 e. The molecule has 5 rings (SSSR count). The van der Waals surface area contributed by atoms with Gasteiger partial charge in [0.25, 0.3) is 11.0 Å². The highest BCUT2D eigenvalue weighted by atomic mass is 16.9. The Morgan fingerprint density at radius 1 is 0.936 bits per heavy atom. The number of piperidine rings is 1. The van der Waals surface area contributed by atoms with Crippen molar-refractivity contribution in [3.8, 4) is 0 Å². The second-order valence-electron chi connectivity index (χ2n) is 13.2. The van der Waals surface area contributed by atoms with E-state index in [2.05, 4.69) is 10.2 Å². The van der Waals surface area contributed by atoms with E-state index in [9.17, 15) is 24.5 Å². The molecule has 1 heterocycles. The highest BCUT2D eigenvalue weighted by Crippen LogP contribution is 2.46. The smallest absolute Gasteiger partial charge is 0.306 e. The molecule has 3 aromatic carbocycles. The molecule has 2 aliphatic rings. The fraction of sp³-hybridized carbons (Fsp3) is 0.486. The number of aryl methyl sites for hydroxylation is 2. The molecule has 1 N–H and O–H groups in total. The monoisotopic (exact) mass is 643 g/mol. The number of hydrogen-bond donors (Lipinski definition) is 1. The number of nitrogens with zero attached hydrogens (tertiary/aromatic N) is 2. The molecule has 1 saturated carbocycles. The van der Waals surface area contributed by atoms with Crippen LogP contribution in [0.1, 0.15) is 97.2 Å². The Kier molecular flexibility index (Phi) is 11.1. The molecule has 1 saturated heterocycles. The van der Waals surface area contributed by atoms with E-state index in [1.807, 2.05) is 73.3 Å². The Morgan fingerprint density at radius 3 is 2.38 bits per heavy atom. The van der Waals surface area contributed by atoms with Gasteiger partial charge in [0.05, 0.1) is 30.9 Å². The van der Waals surface area contributed by atoms with Crippen molar-refractivity contribution in [2.75, 3.05) is 31.6 Å². The third kappa shape index (κ3) is 8.67. The molecule has 10 heteroatoms. The van der Waals surface area contributed by atoms with E-state index >= 15 is 0 Å². The van der Waals surface area contributed by atoms with Crippen molar-refractivity contribution in [2.24, 2.45) is 5.41 Å². The maximum absolute atomic E-state index is 13.9. The molecule has 0 aromatic heterocycles. The van der Waals surface area contributed by atoms with E-state index in [-0.39, 0.29) is 37.9 Å². The topological polar surface area (TPSA) is 128 Å². The summed E-state index contributed by atoms with van der Waals surface area (Å²) in [6, 6.07) is 17.5. The van der Waals surface area contributed by atoms with Crippen LogP contribution in [-0.2, 0) is 19.2 Å². The van der Waals surface area contributed by atoms with Crippen molar-refractivity contribution in [1.29, 1.82) is 0 Å². The summed E-state index contributed by atoms with van der Waals surface area (Å²) in [6.07, 6.45) is 7.89. The summed E-state index contributed by atoms with van der Waals surface area (Å²) >= 11 is 0. The zero-order valence-electron chi connectivity index (χ0n) is 27.4. The number of unbranched alkanes of at least 4 members (excludes halogenated alkanes) is 1. The first kappa shape index (κ1) is 33.9. The first-order valence-corrected chi connectivity index (χ1v) is 16.8. The number of nitrogens with one attached hydrogen (secondary N) is 1. The van der Waals surface area contributed by atoms with E-state index in [0.29, 0.717) is 29.5 Å². The highest BCUT2D eigenvalue weighted by molar-refractivity contribution is 6.05. The molecule has 0 radical (unpaired) electrons. The highest BCUT2D eigenvalue weighted by Gasteiger charge is 2.38. The molecule has 1 aliphatic heterocycles. The van der Waals surface area contributed by atoms with Gasteiger partial charge in [-0.25, -0.2) is 0 Å². The molecule has 250 valence electrons. The second kappa shape index (κ2) is 15.4. The SMILES string of the molecule is Cc1cc(C)c(NC(=O)C[C@@H](CC(=O)OCCCCO[N+](=O)[O-])c2cccc3ccccc23)c(C(=O)N2CCC3(CCCC3)CC2)c1. The molecule has 1 spiro atoms. The van der Waals surface area contributed by atoms with Gasteiger partial charge in [-0.3, -0.25) is 14.4 Å². The van der Waals surface area contributed by atoms with E-state index in [4.69, 9.17) is 4.74 Å². The van der Waals surface area contributed by atoms with Crippen LogP contribution in [0.15, 0.2) is 54.6 Å². The molecule has 1 atom stereocenters. The van der Waals surface area contributed by atoms with Crippen LogP contribution in [0.25, 0.3) is 10.8 Å². The van der Waals surface area contributed by atoms with Crippen LogP contribution in [0.2, 0.25) is 0 Å². The van der Waals surface area contributed by atoms with Crippen molar-refractivity contribution in [3.63, 3.8) is 0 Å². The number of ether oxygens (including phenoxy) is 1. The lowest BCUT2D eigenvalue weighted by Crippen LogP contribution is -2.42. The largest absolute Gasteiger partial charge is 0.466 e. The Balaban J connectivity index is 1.31. The van der Waals surface area contributed by atoms with Crippen LogP contribution in [-0.4, -0.2) is 54.1 Å². The number of carbonyl (C=O) groups is 3. The zero-order valence-corrected chi connectivity index (χ0v) is 27.4. The van der Waals surface area contributed by atoms with Crippen LogP contribution >= 0.6 is 0 Å². The number of hydrogen-bond acceptors (Lipinski definition) is 7. The van der Waals surface area contributed by atoms with Gasteiger partial charge in [-0.1, -0.05) is 61.4 Å². The normalized spacial score (nSPS) is 16.2. The lowest BCUT2D eigenvalue weighted by atomic mass is 9.77. The summed E-state index contributed by atoms with van der Waals surface area (Å²) < 4.78 is 5.45. The number of benzene rings is 3. The first-order chi connectivity index (χ1) is 22.6. The average molecular weight is 644 g/mol. The summed E-state index contributed by atoms with van der Waals surface area (Å²) in [4.78, 5) is 57.3. The summed E-state index contributed by atoms with van der Waals surface area (Å²) in [5, 5.41) is 14.5. The second-order valence-corrected chi connectivity index (χ2v) is 13.2. The molecule has 2 fully saturated rings. The van der Waals surface area contributed by atoms with Crippen molar-refractivity contribution >= 4 is 34.2 Å². The predicted molar refractivity (Wildman–Crippen MR) is 180 cm³/mol. The minimum absolute atomic E-state index is 0.00691. The Labute approximate surface area is 275 Å². The molecular formula is C37H45N3O7. The fourth-order valence-corrected chi connectivity index (χ4v) is 7.38. The summed E-state index contributed by atoms with van der Waals surface area (Å²) in [5.74, 6) is -1.30. The minimum atomic E-state index is -0.846. The van der Waals surface area contributed by atoms with Crippen LogP contribution in [0, 0.1) is 29.4 Å². The lowest BCUT2D eigenvalue weighted by Gasteiger charge is -2.39. The molecule has 3 aromatic rings. The zero-order chi connectivity index (χ0) is 33.4. The maximum atomic E-state index is 13.9. The van der Waals surface area contributed by atoms with Crippen LogP contribution in [0.4, 0.5) is 5.69 Å². The van der Waals surface area contributed by atoms with Gasteiger partial charge in [0.1, 0.15) is 0 Å². The van der Waals surface area contributed by atoms with Gasteiger partial charge in [-0.15, -0.1) is 10.1 Å². The van der Waals surface area contributed by atoms with Crippen molar-refractivity contribution < 1.29 is 29.0 Å². The first-order valence-electron chi connectivity index (χ1n) is 16.8. The van der Waals surface area contributed by atoms with Gasteiger partial charge >= 0.3 is 5.97 Å². The van der Waals surface area contributed by atoms with Crippen molar-refractivity contribution in [1.82, 2.24) is 4.90 Å². The van der Waals surface area contributed by atoms with Gasteiger partial charge < -0.3 is 19.8 Å². The van der Waals surface area contributed by atoms with Gasteiger partial charge in [-0.05, 0) is 91.3 Å².